The molecule has 1 aliphatic rings. The Hall–Kier alpha value is -3.85. The maximum absolute atomic E-state index is 13.1. The Morgan fingerprint density at radius 2 is 1.66 bits per heavy atom. The third-order valence-electron chi connectivity index (χ3n) is 6.58. The molecule has 2 heterocycles. The number of halogens is 1. The van der Waals surface area contributed by atoms with Crippen molar-refractivity contribution in [1.29, 1.82) is 0 Å². The van der Waals surface area contributed by atoms with Crippen LogP contribution in [-0.4, -0.2) is 84.8 Å². The Morgan fingerprint density at radius 3 is 2.26 bits per heavy atom. The molecule has 1 aliphatic heterocycles. The Labute approximate surface area is 227 Å². The molecule has 1 fully saturated rings. The number of ether oxygens (including phenoxy) is 2. The zero-order valence-corrected chi connectivity index (χ0v) is 22.8. The van der Waals surface area contributed by atoms with Crippen molar-refractivity contribution in [1.82, 2.24) is 20.0 Å². The molecule has 0 aliphatic carbocycles. The Bertz CT molecular complexity index is 1280. The fraction of sp³-hybridized carbons (Fsp3) is 0.357. The van der Waals surface area contributed by atoms with E-state index in [0.29, 0.717) is 48.3 Å². The van der Waals surface area contributed by atoms with Crippen LogP contribution < -0.4 is 14.4 Å². The molecule has 38 heavy (non-hydrogen) atoms. The van der Waals surface area contributed by atoms with Gasteiger partial charge in [0.05, 0.1) is 30.5 Å². The average Bonchev–Trinajstić information content (AvgIpc) is 2.95. The summed E-state index contributed by atoms with van der Waals surface area (Å²) in [6.45, 7) is 6.09. The van der Waals surface area contributed by atoms with Gasteiger partial charge in [0.1, 0.15) is 6.54 Å². The van der Waals surface area contributed by atoms with Gasteiger partial charge in [-0.3, -0.25) is 9.59 Å². The highest BCUT2D eigenvalue weighted by atomic mass is 35.5. The zero-order chi connectivity index (χ0) is 27.2. The lowest BCUT2D eigenvalue weighted by Gasteiger charge is -2.36. The number of rotatable bonds is 8. The number of nitrogens with zero attached hydrogens (tertiary/aromatic N) is 5. The van der Waals surface area contributed by atoms with Crippen LogP contribution >= 0.6 is 11.6 Å². The number of carbonyl (C=O) groups is 2. The van der Waals surface area contributed by atoms with Crippen LogP contribution in [0.1, 0.15) is 24.2 Å². The SMILES string of the molecule is COc1ccc(-c2ccc(N3CCN(C(=O)CN(C(=O)c4ccccc4Cl)C(C)C)CC3)nn2)cc1OC. The van der Waals surface area contributed by atoms with Gasteiger partial charge in [-0.15, -0.1) is 10.2 Å². The fourth-order valence-corrected chi connectivity index (χ4v) is 4.57. The number of hydrogen-bond acceptors (Lipinski definition) is 7. The molecule has 0 spiro atoms. The molecule has 3 aromatic rings. The number of benzene rings is 2. The van der Waals surface area contributed by atoms with Crippen LogP contribution in [0.25, 0.3) is 11.3 Å². The quantitative estimate of drug-likeness (QED) is 0.429. The molecule has 0 N–H and O–H groups in total. The summed E-state index contributed by atoms with van der Waals surface area (Å²) in [5.41, 5.74) is 1.99. The summed E-state index contributed by atoms with van der Waals surface area (Å²) in [6, 6.07) is 16.2. The largest absolute Gasteiger partial charge is 0.493 e. The van der Waals surface area contributed by atoms with Crippen molar-refractivity contribution in [3.8, 4) is 22.8 Å². The standard InChI is InChI=1S/C28H32ClN5O4/c1-19(2)34(28(36)21-7-5-6-8-22(21)29)18-27(35)33-15-13-32(14-16-33)26-12-10-23(30-31-26)20-9-11-24(37-3)25(17-20)38-4/h5-12,17,19H,13-16,18H2,1-4H3. The van der Waals surface area contributed by atoms with Crippen molar-refractivity contribution in [2.75, 3.05) is 51.8 Å². The predicted octanol–water partition coefficient (Wildman–Crippen LogP) is 4.01. The van der Waals surface area contributed by atoms with E-state index in [9.17, 15) is 9.59 Å². The molecule has 1 saturated heterocycles. The molecular weight excluding hydrogens is 506 g/mol. The van der Waals surface area contributed by atoms with Crippen molar-refractivity contribution in [3.63, 3.8) is 0 Å². The second kappa shape index (κ2) is 12.1. The average molecular weight is 538 g/mol. The van der Waals surface area contributed by atoms with E-state index in [4.69, 9.17) is 21.1 Å². The summed E-state index contributed by atoms with van der Waals surface area (Å²) >= 11 is 6.23. The van der Waals surface area contributed by atoms with Crippen molar-refractivity contribution in [2.45, 2.75) is 19.9 Å². The Kier molecular flexibility index (Phi) is 8.68. The van der Waals surface area contributed by atoms with Crippen LogP contribution in [0.5, 0.6) is 11.5 Å². The number of amides is 2. The van der Waals surface area contributed by atoms with Gasteiger partial charge in [0, 0.05) is 37.8 Å². The number of piperazine rings is 1. The zero-order valence-electron chi connectivity index (χ0n) is 22.1. The van der Waals surface area contributed by atoms with Crippen molar-refractivity contribution >= 4 is 29.2 Å². The minimum absolute atomic E-state index is 0.00154. The topological polar surface area (TPSA) is 88.1 Å². The van der Waals surface area contributed by atoms with Crippen LogP contribution in [0.4, 0.5) is 5.82 Å². The summed E-state index contributed by atoms with van der Waals surface area (Å²) in [4.78, 5) is 31.7. The lowest BCUT2D eigenvalue weighted by Crippen LogP contribution is -2.53. The first kappa shape index (κ1) is 27.2. The van der Waals surface area contributed by atoms with E-state index in [2.05, 4.69) is 15.1 Å². The second-order valence-electron chi connectivity index (χ2n) is 9.22. The molecule has 9 nitrogen and oxygen atoms in total. The van der Waals surface area contributed by atoms with E-state index in [1.54, 1.807) is 48.3 Å². The summed E-state index contributed by atoms with van der Waals surface area (Å²) in [5, 5.41) is 9.20. The summed E-state index contributed by atoms with van der Waals surface area (Å²) in [7, 11) is 3.19. The molecule has 2 amide bonds. The van der Waals surface area contributed by atoms with Gasteiger partial charge in [-0.25, -0.2) is 0 Å². The highest BCUT2D eigenvalue weighted by molar-refractivity contribution is 6.33. The molecule has 2 aromatic carbocycles. The van der Waals surface area contributed by atoms with Gasteiger partial charge in [-0.05, 0) is 56.3 Å². The first-order valence-corrected chi connectivity index (χ1v) is 12.8. The number of aromatic nitrogens is 2. The summed E-state index contributed by atoms with van der Waals surface area (Å²) in [5.74, 6) is 1.69. The van der Waals surface area contributed by atoms with E-state index < -0.39 is 0 Å². The van der Waals surface area contributed by atoms with Crippen molar-refractivity contribution < 1.29 is 19.1 Å². The van der Waals surface area contributed by atoms with Gasteiger partial charge < -0.3 is 24.2 Å². The molecule has 200 valence electrons. The van der Waals surface area contributed by atoms with E-state index >= 15 is 0 Å². The van der Waals surface area contributed by atoms with Crippen LogP contribution in [-0.2, 0) is 4.79 Å². The van der Waals surface area contributed by atoms with E-state index in [0.717, 1.165) is 17.1 Å². The Morgan fingerprint density at radius 1 is 0.947 bits per heavy atom. The maximum atomic E-state index is 13.1. The predicted molar refractivity (Wildman–Crippen MR) is 147 cm³/mol. The molecule has 4 rings (SSSR count). The van der Waals surface area contributed by atoms with Crippen LogP contribution in [0.3, 0.4) is 0 Å². The van der Waals surface area contributed by atoms with Gasteiger partial charge in [0.25, 0.3) is 5.91 Å². The number of carbonyl (C=O) groups excluding carboxylic acids is 2. The normalized spacial score (nSPS) is 13.4. The van der Waals surface area contributed by atoms with Crippen LogP contribution in [0.2, 0.25) is 5.02 Å². The molecule has 0 radical (unpaired) electrons. The van der Waals surface area contributed by atoms with Crippen LogP contribution in [0.15, 0.2) is 54.6 Å². The number of methoxy groups -OCH3 is 2. The first-order valence-electron chi connectivity index (χ1n) is 12.5. The molecule has 10 heteroatoms. The third kappa shape index (κ3) is 5.99. The highest BCUT2D eigenvalue weighted by Crippen LogP contribution is 2.31. The monoisotopic (exact) mass is 537 g/mol. The van der Waals surface area contributed by atoms with Gasteiger partial charge in [0.15, 0.2) is 17.3 Å². The Balaban J connectivity index is 1.36. The lowest BCUT2D eigenvalue weighted by atomic mass is 10.1. The fourth-order valence-electron chi connectivity index (χ4n) is 4.35. The minimum atomic E-state index is -0.248. The van der Waals surface area contributed by atoms with Crippen molar-refractivity contribution in [2.24, 2.45) is 0 Å². The third-order valence-corrected chi connectivity index (χ3v) is 6.91. The summed E-state index contributed by atoms with van der Waals surface area (Å²) in [6.07, 6.45) is 0. The molecule has 0 atom stereocenters. The minimum Gasteiger partial charge on any atom is -0.493 e. The molecule has 0 saturated carbocycles. The van der Waals surface area contributed by atoms with Crippen molar-refractivity contribution in [3.05, 3.63) is 65.2 Å². The number of anilines is 1. The maximum Gasteiger partial charge on any atom is 0.256 e. The molecule has 0 bridgehead atoms. The lowest BCUT2D eigenvalue weighted by molar-refractivity contribution is -0.132. The van der Waals surface area contributed by atoms with Gasteiger partial charge in [-0.1, -0.05) is 23.7 Å². The van der Waals surface area contributed by atoms with Gasteiger partial charge >= 0.3 is 0 Å². The van der Waals surface area contributed by atoms with E-state index in [1.807, 2.05) is 44.2 Å². The van der Waals surface area contributed by atoms with E-state index in [-0.39, 0.29) is 24.4 Å². The second-order valence-corrected chi connectivity index (χ2v) is 9.63. The smallest absolute Gasteiger partial charge is 0.256 e. The molecule has 1 aromatic heterocycles. The summed E-state index contributed by atoms with van der Waals surface area (Å²) < 4.78 is 10.7. The van der Waals surface area contributed by atoms with Gasteiger partial charge in [-0.2, -0.15) is 0 Å². The van der Waals surface area contributed by atoms with Gasteiger partial charge in [0.2, 0.25) is 5.91 Å². The molecule has 0 unspecified atom stereocenters. The van der Waals surface area contributed by atoms with Crippen LogP contribution in [0, 0.1) is 0 Å². The van der Waals surface area contributed by atoms with E-state index in [1.165, 1.54) is 0 Å². The first-order chi connectivity index (χ1) is 18.3. The highest BCUT2D eigenvalue weighted by Gasteiger charge is 2.28. The molecular formula is C28H32ClN5O4. The number of hydrogen-bond donors (Lipinski definition) is 0.